The van der Waals surface area contributed by atoms with Crippen LogP contribution in [0, 0.1) is 5.82 Å². The van der Waals surface area contributed by atoms with Crippen molar-refractivity contribution in [2.75, 3.05) is 26.1 Å². The van der Waals surface area contributed by atoms with Gasteiger partial charge in [0.1, 0.15) is 5.82 Å². The van der Waals surface area contributed by atoms with E-state index in [2.05, 4.69) is 5.32 Å². The van der Waals surface area contributed by atoms with E-state index in [1.807, 2.05) is 24.3 Å². The Kier molecular flexibility index (Phi) is 5.65. The number of nitrogens with zero attached hydrogens (tertiary/aromatic N) is 1. The molecule has 2 atom stereocenters. The molecule has 34 heavy (non-hydrogen) atoms. The number of anilines is 1. The van der Waals surface area contributed by atoms with Crippen molar-refractivity contribution in [3.8, 4) is 11.5 Å². The minimum absolute atomic E-state index is 0.0914. The van der Waals surface area contributed by atoms with Crippen molar-refractivity contribution in [2.24, 2.45) is 0 Å². The predicted octanol–water partition coefficient (Wildman–Crippen LogP) is 4.97. The molecule has 2 unspecified atom stereocenters. The van der Waals surface area contributed by atoms with Gasteiger partial charge in [-0.1, -0.05) is 35.9 Å². The minimum Gasteiger partial charge on any atom is -0.493 e. The summed E-state index contributed by atoms with van der Waals surface area (Å²) in [7, 11) is 3.00. The summed E-state index contributed by atoms with van der Waals surface area (Å²) in [5.74, 6) is -0.952. The van der Waals surface area contributed by atoms with Gasteiger partial charge < -0.3 is 19.7 Å². The van der Waals surface area contributed by atoms with Crippen LogP contribution in [0.3, 0.4) is 0 Å². The average Bonchev–Trinajstić information content (AvgIpc) is 2.85. The summed E-state index contributed by atoms with van der Waals surface area (Å²) in [5.41, 5.74) is 3.24. The highest BCUT2D eigenvalue weighted by molar-refractivity contribution is 6.33. The van der Waals surface area contributed by atoms with Crippen LogP contribution in [0.1, 0.15) is 39.0 Å². The average molecular weight is 481 g/mol. The number of halogens is 2. The normalized spacial score (nSPS) is 18.5. The fourth-order valence-electron chi connectivity index (χ4n) is 4.93. The van der Waals surface area contributed by atoms with Gasteiger partial charge in [0.15, 0.2) is 11.5 Å². The molecule has 2 aliphatic heterocycles. The Morgan fingerprint density at radius 2 is 1.79 bits per heavy atom. The van der Waals surface area contributed by atoms with E-state index < -0.39 is 17.8 Å². The largest absolute Gasteiger partial charge is 0.493 e. The number of fused-ring (bicyclic) bond motifs is 4. The summed E-state index contributed by atoms with van der Waals surface area (Å²) in [6, 6.07) is 14.4. The van der Waals surface area contributed by atoms with Gasteiger partial charge in [0, 0.05) is 12.1 Å². The molecule has 0 spiro atoms. The third kappa shape index (κ3) is 3.56. The summed E-state index contributed by atoms with van der Waals surface area (Å²) in [5, 5.41) is 2.94. The van der Waals surface area contributed by atoms with E-state index in [1.165, 1.54) is 26.4 Å². The zero-order valence-corrected chi connectivity index (χ0v) is 19.4. The zero-order valence-electron chi connectivity index (χ0n) is 18.6. The highest BCUT2D eigenvalue weighted by Gasteiger charge is 2.47. The van der Waals surface area contributed by atoms with Gasteiger partial charge in [0.25, 0.3) is 5.91 Å². The molecular formula is C26H22ClFN2O4. The SMILES string of the molecule is COc1cc2c(cc1OC)C(C(=O)Nc1ccc(F)cc1Cl)C1c3ccccc3CCN1C2=O. The lowest BCUT2D eigenvalue weighted by Gasteiger charge is -2.45. The molecule has 0 aromatic heterocycles. The number of hydrogen-bond donors (Lipinski definition) is 1. The monoisotopic (exact) mass is 480 g/mol. The van der Waals surface area contributed by atoms with Crippen molar-refractivity contribution < 1.29 is 23.5 Å². The molecule has 0 saturated heterocycles. The van der Waals surface area contributed by atoms with E-state index in [1.54, 1.807) is 17.0 Å². The second-order valence-electron chi connectivity index (χ2n) is 8.28. The van der Waals surface area contributed by atoms with Gasteiger partial charge in [-0.2, -0.15) is 0 Å². The molecule has 1 N–H and O–H groups in total. The second kappa shape index (κ2) is 8.65. The van der Waals surface area contributed by atoms with Crippen LogP contribution in [0.2, 0.25) is 5.02 Å². The van der Waals surface area contributed by atoms with E-state index >= 15 is 0 Å². The molecule has 2 aliphatic rings. The van der Waals surface area contributed by atoms with Crippen LogP contribution in [0.15, 0.2) is 54.6 Å². The molecule has 174 valence electrons. The van der Waals surface area contributed by atoms with Crippen LogP contribution in [-0.4, -0.2) is 37.5 Å². The quantitative estimate of drug-likeness (QED) is 0.572. The van der Waals surface area contributed by atoms with E-state index in [-0.39, 0.29) is 16.8 Å². The first-order chi connectivity index (χ1) is 16.4. The molecule has 3 aromatic rings. The van der Waals surface area contributed by atoms with Gasteiger partial charge in [0.2, 0.25) is 5.91 Å². The molecule has 0 fully saturated rings. The van der Waals surface area contributed by atoms with Crippen LogP contribution < -0.4 is 14.8 Å². The molecule has 5 rings (SSSR count). The molecule has 2 amide bonds. The Bertz CT molecular complexity index is 1310. The molecule has 3 aromatic carbocycles. The molecule has 8 heteroatoms. The van der Waals surface area contributed by atoms with Crippen molar-refractivity contribution in [3.05, 3.63) is 87.7 Å². The van der Waals surface area contributed by atoms with E-state index in [0.717, 1.165) is 17.2 Å². The lowest BCUT2D eigenvalue weighted by atomic mass is 9.75. The Hall–Kier alpha value is -3.58. The van der Waals surface area contributed by atoms with Gasteiger partial charge >= 0.3 is 0 Å². The number of amides is 2. The third-order valence-electron chi connectivity index (χ3n) is 6.50. The summed E-state index contributed by atoms with van der Waals surface area (Å²) >= 11 is 6.19. The van der Waals surface area contributed by atoms with E-state index in [9.17, 15) is 14.0 Å². The Balaban J connectivity index is 1.68. The van der Waals surface area contributed by atoms with Crippen LogP contribution >= 0.6 is 11.6 Å². The molecule has 0 saturated carbocycles. The van der Waals surface area contributed by atoms with Gasteiger partial charge in [-0.05, 0) is 53.4 Å². The Morgan fingerprint density at radius 3 is 2.53 bits per heavy atom. The standard InChI is InChI=1S/C26H22ClFN2O4/c1-33-21-12-17-18(13-22(21)34-2)26(32)30-10-9-14-5-3-4-6-16(14)24(30)23(17)25(31)29-20-8-7-15(28)11-19(20)27/h3-8,11-13,23-24H,9-10H2,1-2H3,(H,29,31). The number of nitrogens with one attached hydrogen (secondary N) is 1. The third-order valence-corrected chi connectivity index (χ3v) is 6.81. The lowest BCUT2D eigenvalue weighted by molar-refractivity contribution is -0.119. The molecule has 0 radical (unpaired) electrons. The summed E-state index contributed by atoms with van der Waals surface area (Å²) in [6.45, 7) is 0.482. The van der Waals surface area contributed by atoms with Gasteiger partial charge in [-0.15, -0.1) is 0 Å². The van der Waals surface area contributed by atoms with Gasteiger partial charge in [-0.25, -0.2) is 4.39 Å². The molecular weight excluding hydrogens is 459 g/mol. The Labute approximate surface area is 201 Å². The number of hydrogen-bond acceptors (Lipinski definition) is 4. The number of carbonyl (C=O) groups excluding carboxylic acids is 2. The topological polar surface area (TPSA) is 67.9 Å². The van der Waals surface area contributed by atoms with Gasteiger partial charge in [-0.3, -0.25) is 9.59 Å². The lowest BCUT2D eigenvalue weighted by Crippen LogP contribution is -2.49. The molecule has 0 aliphatic carbocycles. The van der Waals surface area contributed by atoms with Crippen LogP contribution in [0.25, 0.3) is 0 Å². The number of ether oxygens (including phenoxy) is 2. The fourth-order valence-corrected chi connectivity index (χ4v) is 5.15. The predicted molar refractivity (Wildman–Crippen MR) is 126 cm³/mol. The maximum atomic E-state index is 13.8. The fraction of sp³-hybridized carbons (Fsp3) is 0.231. The highest BCUT2D eigenvalue weighted by Crippen LogP contribution is 2.48. The maximum Gasteiger partial charge on any atom is 0.254 e. The van der Waals surface area contributed by atoms with Gasteiger partial charge in [0.05, 0.1) is 36.9 Å². The van der Waals surface area contributed by atoms with Crippen molar-refractivity contribution in [1.82, 2.24) is 4.90 Å². The summed E-state index contributed by atoms with van der Waals surface area (Å²) < 4.78 is 24.4. The molecule has 6 nitrogen and oxygen atoms in total. The van der Waals surface area contributed by atoms with E-state index in [0.29, 0.717) is 41.3 Å². The number of benzene rings is 3. The summed E-state index contributed by atoms with van der Waals surface area (Å²) in [4.78, 5) is 29.1. The first-order valence-corrected chi connectivity index (χ1v) is 11.2. The first kappa shape index (κ1) is 22.2. The van der Waals surface area contributed by atoms with Crippen molar-refractivity contribution >= 4 is 29.1 Å². The van der Waals surface area contributed by atoms with Crippen LogP contribution in [0.4, 0.5) is 10.1 Å². The number of carbonyl (C=O) groups is 2. The van der Waals surface area contributed by atoms with E-state index in [4.69, 9.17) is 21.1 Å². The Morgan fingerprint density at radius 1 is 1.06 bits per heavy atom. The minimum atomic E-state index is -0.755. The number of rotatable bonds is 4. The van der Waals surface area contributed by atoms with Crippen LogP contribution in [0.5, 0.6) is 11.5 Å². The first-order valence-electron chi connectivity index (χ1n) is 10.8. The molecule has 0 bridgehead atoms. The summed E-state index contributed by atoms with van der Waals surface area (Å²) in [6.07, 6.45) is 0.694. The smallest absolute Gasteiger partial charge is 0.254 e. The van der Waals surface area contributed by atoms with Crippen molar-refractivity contribution in [3.63, 3.8) is 0 Å². The molecule has 2 heterocycles. The van der Waals surface area contributed by atoms with Crippen molar-refractivity contribution in [2.45, 2.75) is 18.4 Å². The maximum absolute atomic E-state index is 13.8. The second-order valence-corrected chi connectivity index (χ2v) is 8.68. The number of methoxy groups -OCH3 is 2. The van der Waals surface area contributed by atoms with Crippen molar-refractivity contribution in [1.29, 1.82) is 0 Å². The highest BCUT2D eigenvalue weighted by atomic mass is 35.5. The van der Waals surface area contributed by atoms with Crippen LogP contribution in [-0.2, 0) is 11.2 Å². The zero-order chi connectivity index (χ0) is 24.0.